The standard InChI is InChI=1S/C12H19N5O2/c1-3-17(4-2)11(18)7-15-9-6-16-10(13)5-8(9)12(14)19/h5-6,15H,3-4,7H2,1-2H3,(H2,13,16)(H2,14,19). The molecule has 0 fully saturated rings. The van der Waals surface area contributed by atoms with Gasteiger partial charge >= 0.3 is 0 Å². The lowest BCUT2D eigenvalue weighted by Crippen LogP contribution is -2.35. The quantitative estimate of drug-likeness (QED) is 0.672. The van der Waals surface area contributed by atoms with Crippen LogP contribution in [0.1, 0.15) is 24.2 Å². The van der Waals surface area contributed by atoms with Gasteiger partial charge in [0.1, 0.15) is 5.82 Å². The van der Waals surface area contributed by atoms with Crippen molar-refractivity contribution in [2.24, 2.45) is 5.73 Å². The molecule has 0 aliphatic heterocycles. The Morgan fingerprint density at radius 3 is 2.53 bits per heavy atom. The first kappa shape index (κ1) is 14.7. The molecule has 7 heteroatoms. The van der Waals surface area contributed by atoms with Crippen molar-refractivity contribution in [3.8, 4) is 0 Å². The third-order valence-corrected chi connectivity index (χ3v) is 2.74. The highest BCUT2D eigenvalue weighted by molar-refractivity contribution is 5.99. The zero-order valence-electron chi connectivity index (χ0n) is 11.1. The van der Waals surface area contributed by atoms with Crippen LogP contribution < -0.4 is 16.8 Å². The normalized spacial score (nSPS) is 10.0. The minimum atomic E-state index is -0.619. The number of carbonyl (C=O) groups is 2. The molecule has 104 valence electrons. The molecule has 0 radical (unpaired) electrons. The van der Waals surface area contributed by atoms with Gasteiger partial charge in [-0.1, -0.05) is 0 Å². The van der Waals surface area contributed by atoms with Crippen LogP contribution >= 0.6 is 0 Å². The van der Waals surface area contributed by atoms with Gasteiger partial charge in [-0.3, -0.25) is 9.59 Å². The molecule has 1 aromatic rings. The number of pyridine rings is 1. The van der Waals surface area contributed by atoms with Crippen molar-refractivity contribution in [2.75, 3.05) is 30.7 Å². The second kappa shape index (κ2) is 6.58. The van der Waals surface area contributed by atoms with Gasteiger partial charge < -0.3 is 21.7 Å². The van der Waals surface area contributed by atoms with E-state index in [0.29, 0.717) is 18.8 Å². The smallest absolute Gasteiger partial charge is 0.250 e. The van der Waals surface area contributed by atoms with E-state index in [0.717, 1.165) is 0 Å². The van der Waals surface area contributed by atoms with Crippen molar-refractivity contribution in [2.45, 2.75) is 13.8 Å². The Balaban J connectivity index is 2.78. The van der Waals surface area contributed by atoms with E-state index < -0.39 is 5.91 Å². The predicted molar refractivity (Wildman–Crippen MR) is 73.6 cm³/mol. The van der Waals surface area contributed by atoms with Gasteiger partial charge in [-0.2, -0.15) is 0 Å². The zero-order valence-corrected chi connectivity index (χ0v) is 11.1. The topological polar surface area (TPSA) is 114 Å². The van der Waals surface area contributed by atoms with Crippen LogP contribution in [-0.2, 0) is 4.79 Å². The fraction of sp³-hybridized carbons (Fsp3) is 0.417. The third-order valence-electron chi connectivity index (χ3n) is 2.74. The van der Waals surface area contributed by atoms with Crippen LogP contribution in [0.15, 0.2) is 12.3 Å². The Morgan fingerprint density at radius 2 is 2.00 bits per heavy atom. The van der Waals surface area contributed by atoms with Crippen LogP contribution in [0, 0.1) is 0 Å². The maximum atomic E-state index is 11.8. The average molecular weight is 265 g/mol. The predicted octanol–water partition coefficient (Wildman–Crippen LogP) is 0.0430. The summed E-state index contributed by atoms with van der Waals surface area (Å²) in [5.74, 6) is -0.474. The van der Waals surface area contributed by atoms with Crippen LogP contribution in [0.5, 0.6) is 0 Å². The van der Waals surface area contributed by atoms with Gasteiger partial charge in [-0.25, -0.2) is 4.98 Å². The molecule has 0 aliphatic rings. The van der Waals surface area contributed by atoms with E-state index in [1.807, 2.05) is 13.8 Å². The Kier molecular flexibility index (Phi) is 5.11. The number of nitrogens with two attached hydrogens (primary N) is 2. The molecule has 1 aromatic heterocycles. The lowest BCUT2D eigenvalue weighted by atomic mass is 10.2. The lowest BCUT2D eigenvalue weighted by molar-refractivity contribution is -0.128. The second-order valence-corrected chi connectivity index (χ2v) is 3.94. The lowest BCUT2D eigenvalue weighted by Gasteiger charge is -2.19. The Hall–Kier alpha value is -2.31. The van der Waals surface area contributed by atoms with E-state index in [1.54, 1.807) is 4.90 Å². The molecule has 2 amide bonds. The third kappa shape index (κ3) is 3.84. The fourth-order valence-electron chi connectivity index (χ4n) is 1.68. The van der Waals surface area contributed by atoms with Crippen molar-refractivity contribution in [3.05, 3.63) is 17.8 Å². The fourth-order valence-corrected chi connectivity index (χ4v) is 1.68. The van der Waals surface area contributed by atoms with Crippen LogP contribution in [0.25, 0.3) is 0 Å². The summed E-state index contributed by atoms with van der Waals surface area (Å²) in [6, 6.07) is 1.38. The number of likely N-dealkylation sites (N-methyl/N-ethyl adjacent to an activating group) is 1. The highest BCUT2D eigenvalue weighted by Gasteiger charge is 2.13. The molecule has 0 aliphatic carbocycles. The molecule has 0 aromatic carbocycles. The summed E-state index contributed by atoms with van der Waals surface area (Å²) in [4.78, 5) is 28.6. The first-order chi connectivity index (χ1) is 8.99. The van der Waals surface area contributed by atoms with E-state index in [9.17, 15) is 9.59 Å². The first-order valence-electron chi connectivity index (χ1n) is 6.06. The number of nitrogen functional groups attached to an aromatic ring is 1. The molecule has 0 bridgehead atoms. The minimum absolute atomic E-state index is 0.0581. The van der Waals surface area contributed by atoms with Gasteiger partial charge in [0.25, 0.3) is 5.91 Å². The Bertz CT molecular complexity index is 471. The molecule has 19 heavy (non-hydrogen) atoms. The molecular weight excluding hydrogens is 246 g/mol. The Morgan fingerprint density at radius 1 is 1.37 bits per heavy atom. The van der Waals surface area contributed by atoms with E-state index in [4.69, 9.17) is 11.5 Å². The van der Waals surface area contributed by atoms with Gasteiger partial charge in [-0.15, -0.1) is 0 Å². The molecule has 5 N–H and O–H groups in total. The highest BCUT2D eigenvalue weighted by Crippen LogP contribution is 2.15. The van der Waals surface area contributed by atoms with Gasteiger partial charge in [-0.05, 0) is 19.9 Å². The van der Waals surface area contributed by atoms with Crippen LogP contribution in [0.2, 0.25) is 0 Å². The summed E-state index contributed by atoms with van der Waals surface area (Å²) in [6.07, 6.45) is 1.39. The number of hydrogen-bond donors (Lipinski definition) is 3. The second-order valence-electron chi connectivity index (χ2n) is 3.94. The first-order valence-corrected chi connectivity index (χ1v) is 6.06. The summed E-state index contributed by atoms with van der Waals surface area (Å²) in [5.41, 5.74) is 11.4. The maximum absolute atomic E-state index is 11.8. The SMILES string of the molecule is CCN(CC)C(=O)CNc1cnc(N)cc1C(N)=O. The highest BCUT2D eigenvalue weighted by atomic mass is 16.2. The number of amides is 2. The van der Waals surface area contributed by atoms with Crippen molar-refractivity contribution >= 4 is 23.3 Å². The van der Waals surface area contributed by atoms with Crippen molar-refractivity contribution < 1.29 is 9.59 Å². The number of nitrogens with one attached hydrogen (secondary N) is 1. The number of carbonyl (C=O) groups excluding carboxylic acids is 2. The molecule has 0 saturated heterocycles. The number of hydrogen-bond acceptors (Lipinski definition) is 5. The molecule has 7 nitrogen and oxygen atoms in total. The molecule has 0 spiro atoms. The van der Waals surface area contributed by atoms with Crippen LogP contribution in [0.4, 0.5) is 11.5 Å². The van der Waals surface area contributed by atoms with Crippen LogP contribution in [-0.4, -0.2) is 41.3 Å². The number of nitrogens with zero attached hydrogens (tertiary/aromatic N) is 2. The van der Waals surface area contributed by atoms with Crippen molar-refractivity contribution in [1.82, 2.24) is 9.88 Å². The van der Waals surface area contributed by atoms with Crippen molar-refractivity contribution in [3.63, 3.8) is 0 Å². The molecule has 0 saturated carbocycles. The number of aromatic nitrogens is 1. The molecule has 1 rings (SSSR count). The summed E-state index contributed by atoms with van der Waals surface area (Å²) < 4.78 is 0. The van der Waals surface area contributed by atoms with Gasteiger partial charge in [0.05, 0.1) is 24.0 Å². The van der Waals surface area contributed by atoms with Crippen LogP contribution in [0.3, 0.4) is 0 Å². The summed E-state index contributed by atoms with van der Waals surface area (Å²) in [7, 11) is 0. The molecule has 0 unspecified atom stereocenters. The number of anilines is 2. The van der Waals surface area contributed by atoms with E-state index in [2.05, 4.69) is 10.3 Å². The summed E-state index contributed by atoms with van der Waals surface area (Å²) >= 11 is 0. The van der Waals surface area contributed by atoms with E-state index >= 15 is 0 Å². The van der Waals surface area contributed by atoms with Crippen molar-refractivity contribution in [1.29, 1.82) is 0 Å². The van der Waals surface area contributed by atoms with E-state index in [-0.39, 0.29) is 23.8 Å². The van der Waals surface area contributed by atoms with Gasteiger partial charge in [0, 0.05) is 13.1 Å². The molecular formula is C12H19N5O2. The largest absolute Gasteiger partial charge is 0.384 e. The number of primary amides is 1. The molecule has 0 atom stereocenters. The maximum Gasteiger partial charge on any atom is 0.250 e. The van der Waals surface area contributed by atoms with Gasteiger partial charge in [0.2, 0.25) is 5.91 Å². The molecule has 1 heterocycles. The van der Waals surface area contributed by atoms with E-state index in [1.165, 1.54) is 12.3 Å². The summed E-state index contributed by atoms with van der Waals surface area (Å²) in [6.45, 7) is 5.16. The number of rotatable bonds is 6. The average Bonchev–Trinajstić information content (AvgIpc) is 2.38. The van der Waals surface area contributed by atoms with Gasteiger partial charge in [0.15, 0.2) is 0 Å². The monoisotopic (exact) mass is 265 g/mol. The Labute approximate surface area is 112 Å². The zero-order chi connectivity index (χ0) is 14.4. The summed E-state index contributed by atoms with van der Waals surface area (Å²) in [5, 5.41) is 2.86. The minimum Gasteiger partial charge on any atom is -0.384 e.